The van der Waals surface area contributed by atoms with Crippen molar-refractivity contribution in [2.24, 2.45) is 5.41 Å². The molecule has 2 aromatic heterocycles. The molecule has 0 spiro atoms. The molecular weight excluding hydrogens is 549 g/mol. The van der Waals surface area contributed by atoms with Gasteiger partial charge in [0, 0.05) is 12.7 Å². The van der Waals surface area contributed by atoms with Gasteiger partial charge in [-0.2, -0.15) is 4.98 Å². The number of nitrogens with zero attached hydrogens (tertiary/aromatic N) is 3. The second-order valence-electron chi connectivity index (χ2n) is 11.3. The van der Waals surface area contributed by atoms with Crippen LogP contribution >= 0.6 is 30.8 Å². The normalized spacial score (nSPS) is 16.2. The van der Waals surface area contributed by atoms with Crippen molar-refractivity contribution in [3.63, 3.8) is 0 Å². The summed E-state index contributed by atoms with van der Waals surface area (Å²) in [4.78, 5) is 55.8. The maximum absolute atomic E-state index is 13.0. The Hall–Kier alpha value is -1.77. The zero-order valence-corrected chi connectivity index (χ0v) is 26.9. The number of fused-ring (bicyclic) bond motifs is 1. The molecule has 1 amide bonds. The highest BCUT2D eigenvalue weighted by atomic mass is 32.2. The van der Waals surface area contributed by atoms with Gasteiger partial charge >= 0.3 is 0 Å². The number of unbranched alkanes of at least 4 members (excludes halogenated alkanes) is 3. The van der Waals surface area contributed by atoms with Crippen LogP contribution in [-0.4, -0.2) is 54.4 Å². The molecule has 39 heavy (non-hydrogen) atoms. The maximum Gasteiger partial charge on any atom is 0.280 e. The van der Waals surface area contributed by atoms with E-state index >= 15 is 0 Å². The largest absolute Gasteiger partial charge is 0.296 e. The Morgan fingerprint density at radius 1 is 1.00 bits per heavy atom. The van der Waals surface area contributed by atoms with Crippen LogP contribution in [0.5, 0.6) is 0 Å². The first-order chi connectivity index (χ1) is 18.5. The number of nitrogens with one attached hydrogen (secondary N) is 2. The van der Waals surface area contributed by atoms with Gasteiger partial charge in [-0.25, -0.2) is 9.97 Å². The van der Waals surface area contributed by atoms with Crippen LogP contribution in [0.4, 0.5) is 5.95 Å². The van der Waals surface area contributed by atoms with Gasteiger partial charge in [-0.1, -0.05) is 84.3 Å². The van der Waals surface area contributed by atoms with Crippen molar-refractivity contribution < 1.29 is 9.59 Å². The van der Waals surface area contributed by atoms with E-state index in [9.17, 15) is 14.4 Å². The minimum Gasteiger partial charge on any atom is -0.296 e. The number of rotatable bonds is 13. The first-order valence-corrected chi connectivity index (χ1v) is 18.2. The molecule has 0 saturated carbocycles. The van der Waals surface area contributed by atoms with Crippen LogP contribution < -0.4 is 10.9 Å². The van der Waals surface area contributed by atoms with Crippen molar-refractivity contribution in [3.8, 4) is 0 Å². The summed E-state index contributed by atoms with van der Waals surface area (Å²) in [6.45, 7) is 13.7. The van der Waals surface area contributed by atoms with Crippen LogP contribution in [-0.2, 0) is 9.59 Å². The fraction of sp³-hybridized carbons (Fsp3) is 0.643. The minimum absolute atomic E-state index is 0.0266. The number of ketones is 1. The Kier molecular flexibility index (Phi) is 11.2. The Balaban J connectivity index is 1.99. The monoisotopic (exact) mass is 592 g/mol. The van der Waals surface area contributed by atoms with Crippen LogP contribution in [0.15, 0.2) is 15.9 Å². The molecular formula is C28H43N5O3PS2+. The van der Waals surface area contributed by atoms with Crippen molar-refractivity contribution in [1.29, 1.82) is 0 Å². The highest BCUT2D eigenvalue weighted by Gasteiger charge is 2.50. The molecule has 0 radical (unpaired) electrons. The standard InChI is InChI=1S/C28H42N5O3PS2/c1-8-11-14-37(15-12-9-2,16-13-10-3)27-38-21(18(4)34)22(39-27)19-17-29-23-20(30-19)24(35)32-26(31-23)33-25(36)28(5,6)7/h17,27H,8-16H2,1-7H3,(H-,29,31,32,33,34,35,36)/p+1. The van der Waals surface area contributed by atoms with Gasteiger partial charge < -0.3 is 0 Å². The molecule has 0 fully saturated rings. The second kappa shape index (κ2) is 13.7. The van der Waals surface area contributed by atoms with E-state index in [0.717, 1.165) is 9.81 Å². The summed E-state index contributed by atoms with van der Waals surface area (Å²) in [5.41, 5.74) is -0.345. The lowest BCUT2D eigenvalue weighted by Gasteiger charge is -2.32. The van der Waals surface area contributed by atoms with Gasteiger partial charge in [-0.15, -0.1) is 0 Å². The van der Waals surface area contributed by atoms with Crippen molar-refractivity contribution in [2.45, 2.75) is 91.3 Å². The summed E-state index contributed by atoms with van der Waals surface area (Å²) in [5.74, 6) is -0.197. The molecule has 8 nitrogen and oxygen atoms in total. The van der Waals surface area contributed by atoms with E-state index in [2.05, 4.69) is 46.0 Å². The number of Topliss-reactive ketones (excluding diaryl/α,β-unsaturated/α-hetero) is 1. The third kappa shape index (κ3) is 7.70. The number of aromatic nitrogens is 4. The highest BCUT2D eigenvalue weighted by molar-refractivity contribution is 8.34. The number of aromatic amines is 1. The quantitative estimate of drug-likeness (QED) is 0.236. The first kappa shape index (κ1) is 31.8. The van der Waals surface area contributed by atoms with Gasteiger partial charge in [0.1, 0.15) is 0 Å². The SMILES string of the molecule is CCCC[P+](CCCC)(CCCC)C1SC(C(C)=O)=C(c2cnc3nc(NC(=O)C(C)(C)C)[nH]c(=O)c3n2)S1. The summed E-state index contributed by atoms with van der Waals surface area (Å²) in [7, 11) is -1.36. The van der Waals surface area contributed by atoms with Crippen molar-refractivity contribution >= 4 is 64.5 Å². The molecule has 0 saturated heterocycles. The summed E-state index contributed by atoms with van der Waals surface area (Å²) >= 11 is 3.49. The summed E-state index contributed by atoms with van der Waals surface area (Å²) in [6, 6.07) is 0. The van der Waals surface area contributed by atoms with E-state index in [-0.39, 0.29) is 28.8 Å². The van der Waals surface area contributed by atoms with Crippen LogP contribution in [0.1, 0.15) is 92.7 Å². The first-order valence-electron chi connectivity index (χ1n) is 14.0. The molecule has 1 aliphatic heterocycles. The number of hydrogen-bond donors (Lipinski definition) is 2. The number of H-pyrrole nitrogens is 1. The van der Waals surface area contributed by atoms with E-state index in [0.29, 0.717) is 10.0 Å². The predicted octanol–water partition coefficient (Wildman–Crippen LogP) is 7.14. The van der Waals surface area contributed by atoms with Crippen LogP contribution in [0.3, 0.4) is 0 Å². The van der Waals surface area contributed by atoms with Gasteiger partial charge in [-0.05, 0) is 26.2 Å². The Labute approximate surface area is 241 Å². The number of hydrogen-bond acceptors (Lipinski definition) is 8. The van der Waals surface area contributed by atoms with Crippen LogP contribution in [0.2, 0.25) is 0 Å². The Bertz CT molecular complexity index is 1270. The summed E-state index contributed by atoms with van der Waals surface area (Å²) in [6.07, 6.45) is 12.5. The summed E-state index contributed by atoms with van der Waals surface area (Å²) < 4.78 is 0.319. The molecule has 1 unspecified atom stereocenters. The van der Waals surface area contributed by atoms with Gasteiger partial charge in [-0.3, -0.25) is 24.7 Å². The smallest absolute Gasteiger partial charge is 0.280 e. The predicted molar refractivity (Wildman–Crippen MR) is 169 cm³/mol. The topological polar surface area (TPSA) is 118 Å². The van der Waals surface area contributed by atoms with Crippen molar-refractivity contribution in [1.82, 2.24) is 19.9 Å². The number of carbonyl (C=O) groups excluding carboxylic acids is 2. The molecule has 3 heterocycles. The fourth-order valence-corrected chi connectivity index (χ4v) is 15.2. The molecule has 1 atom stereocenters. The number of amides is 1. The third-order valence-electron chi connectivity index (χ3n) is 6.85. The van der Waals surface area contributed by atoms with Crippen molar-refractivity contribution in [3.05, 3.63) is 27.1 Å². The molecule has 2 aromatic rings. The Morgan fingerprint density at radius 2 is 1.59 bits per heavy atom. The number of thioether (sulfide) groups is 2. The van der Waals surface area contributed by atoms with Gasteiger partial charge in [0.25, 0.3) is 5.56 Å². The summed E-state index contributed by atoms with van der Waals surface area (Å²) in [5, 5.41) is 2.65. The molecule has 0 bridgehead atoms. The van der Waals surface area contributed by atoms with Gasteiger partial charge in [0.2, 0.25) is 11.9 Å². The molecule has 11 heteroatoms. The van der Waals surface area contributed by atoms with Gasteiger partial charge in [0.15, 0.2) is 21.3 Å². The van der Waals surface area contributed by atoms with E-state index in [1.807, 2.05) is 0 Å². The molecule has 0 aliphatic carbocycles. The minimum atomic E-state index is -1.36. The zero-order chi connectivity index (χ0) is 28.8. The lowest BCUT2D eigenvalue weighted by Crippen LogP contribution is -2.29. The number of carbonyl (C=O) groups is 2. The van der Waals surface area contributed by atoms with Gasteiger partial charge in [0.05, 0.1) is 40.2 Å². The zero-order valence-electron chi connectivity index (χ0n) is 24.3. The van der Waals surface area contributed by atoms with E-state index in [4.69, 9.17) is 0 Å². The molecule has 0 aromatic carbocycles. The average Bonchev–Trinajstić information content (AvgIpc) is 3.34. The molecule has 214 valence electrons. The van der Waals surface area contributed by atoms with Crippen LogP contribution in [0.25, 0.3) is 16.1 Å². The molecule has 2 N–H and O–H groups in total. The van der Waals surface area contributed by atoms with E-state index in [1.165, 1.54) is 57.0 Å². The van der Waals surface area contributed by atoms with Crippen LogP contribution in [0, 0.1) is 5.41 Å². The average molecular weight is 593 g/mol. The highest BCUT2D eigenvalue weighted by Crippen LogP contribution is 2.75. The second-order valence-corrected chi connectivity index (χ2v) is 18.8. The number of allylic oxidation sites excluding steroid dienone is 1. The maximum atomic E-state index is 13.0. The lowest BCUT2D eigenvalue weighted by molar-refractivity contribution is -0.123. The van der Waals surface area contributed by atoms with Crippen molar-refractivity contribution in [2.75, 3.05) is 23.8 Å². The van der Waals surface area contributed by atoms with E-state index in [1.54, 1.807) is 57.4 Å². The Morgan fingerprint density at radius 3 is 2.10 bits per heavy atom. The lowest BCUT2D eigenvalue weighted by atomic mass is 9.96. The molecule has 1 aliphatic rings. The third-order valence-corrected chi connectivity index (χ3v) is 17.2. The molecule has 3 rings (SSSR count). The number of anilines is 1. The van der Waals surface area contributed by atoms with E-state index < -0.39 is 18.2 Å². The fourth-order valence-electron chi connectivity index (χ4n) is 4.43.